The van der Waals surface area contributed by atoms with Gasteiger partial charge in [0.15, 0.2) is 0 Å². The molecular weight excluding hydrogens is 176 g/mol. The van der Waals surface area contributed by atoms with E-state index in [-0.39, 0.29) is 0 Å². The summed E-state index contributed by atoms with van der Waals surface area (Å²) >= 11 is 0. The summed E-state index contributed by atoms with van der Waals surface area (Å²) < 4.78 is 1.91. The summed E-state index contributed by atoms with van der Waals surface area (Å²) in [6.45, 7) is 4.86. The third-order valence-electron chi connectivity index (χ3n) is 2.52. The highest BCUT2D eigenvalue weighted by Gasteiger charge is 2.05. The molecule has 0 aromatic carbocycles. The zero-order valence-electron chi connectivity index (χ0n) is 9.32. The van der Waals surface area contributed by atoms with Crippen molar-refractivity contribution in [3.05, 3.63) is 17.5 Å². The van der Waals surface area contributed by atoms with E-state index in [0.29, 0.717) is 0 Å². The fourth-order valence-electron chi connectivity index (χ4n) is 1.43. The minimum Gasteiger partial charge on any atom is -0.330 e. The highest BCUT2D eigenvalue weighted by molar-refractivity contribution is 5.15. The smallest absolute Gasteiger partial charge is 0.0537 e. The van der Waals surface area contributed by atoms with E-state index in [1.807, 2.05) is 17.9 Å². The van der Waals surface area contributed by atoms with E-state index in [1.165, 1.54) is 11.3 Å². The molecule has 0 bridgehead atoms. The third-order valence-corrected chi connectivity index (χ3v) is 2.52. The van der Waals surface area contributed by atoms with Gasteiger partial charge >= 0.3 is 0 Å². The van der Waals surface area contributed by atoms with Crippen LogP contribution in [0, 0.1) is 6.92 Å². The van der Waals surface area contributed by atoms with Crippen LogP contribution in [0.15, 0.2) is 6.20 Å². The summed E-state index contributed by atoms with van der Waals surface area (Å²) in [4.78, 5) is 2.27. The van der Waals surface area contributed by atoms with Crippen molar-refractivity contribution in [1.82, 2.24) is 14.7 Å². The molecule has 0 spiro atoms. The molecule has 0 aliphatic rings. The van der Waals surface area contributed by atoms with Gasteiger partial charge in [-0.3, -0.25) is 4.68 Å². The molecule has 4 nitrogen and oxygen atoms in total. The van der Waals surface area contributed by atoms with E-state index in [2.05, 4.69) is 24.0 Å². The molecule has 4 heteroatoms. The van der Waals surface area contributed by atoms with Crippen LogP contribution in [-0.4, -0.2) is 34.8 Å². The van der Waals surface area contributed by atoms with Gasteiger partial charge in [-0.15, -0.1) is 0 Å². The van der Waals surface area contributed by atoms with Crippen molar-refractivity contribution in [2.24, 2.45) is 12.8 Å². The Morgan fingerprint density at radius 2 is 2.29 bits per heavy atom. The Kier molecular flexibility index (Phi) is 4.10. The second-order valence-corrected chi connectivity index (χ2v) is 3.76. The molecule has 80 valence electrons. The molecule has 0 atom stereocenters. The molecule has 0 saturated carbocycles. The molecule has 14 heavy (non-hydrogen) atoms. The number of aryl methyl sites for hydroxylation is 1. The van der Waals surface area contributed by atoms with Gasteiger partial charge in [-0.05, 0) is 33.5 Å². The molecule has 0 amide bonds. The maximum atomic E-state index is 5.46. The summed E-state index contributed by atoms with van der Waals surface area (Å²) in [5.74, 6) is 0. The largest absolute Gasteiger partial charge is 0.330 e. The van der Waals surface area contributed by atoms with Gasteiger partial charge in [0.05, 0.1) is 6.20 Å². The zero-order valence-corrected chi connectivity index (χ0v) is 9.32. The summed E-state index contributed by atoms with van der Waals surface area (Å²) in [5, 5.41) is 4.21. The van der Waals surface area contributed by atoms with Gasteiger partial charge in [0.25, 0.3) is 0 Å². The number of nitrogens with zero attached hydrogens (tertiary/aromatic N) is 3. The molecule has 0 aliphatic heterocycles. The van der Waals surface area contributed by atoms with Crippen molar-refractivity contribution in [3.63, 3.8) is 0 Å². The highest BCUT2D eigenvalue weighted by atomic mass is 15.3. The standard InChI is InChI=1S/C10H20N4/c1-9-10(7-12-14(9)3)8-13(2)6-4-5-11/h7H,4-6,8,11H2,1-3H3. The maximum absolute atomic E-state index is 5.46. The van der Waals surface area contributed by atoms with Crippen LogP contribution in [0.2, 0.25) is 0 Å². The molecular formula is C10H20N4. The van der Waals surface area contributed by atoms with E-state index in [1.54, 1.807) is 0 Å². The summed E-state index contributed by atoms with van der Waals surface area (Å²) in [6, 6.07) is 0. The van der Waals surface area contributed by atoms with Crippen LogP contribution >= 0.6 is 0 Å². The maximum Gasteiger partial charge on any atom is 0.0537 e. The Morgan fingerprint density at radius 3 is 2.79 bits per heavy atom. The molecule has 0 aliphatic carbocycles. The van der Waals surface area contributed by atoms with E-state index >= 15 is 0 Å². The van der Waals surface area contributed by atoms with Crippen molar-refractivity contribution in [1.29, 1.82) is 0 Å². The SMILES string of the molecule is Cc1c(CN(C)CCCN)cnn1C. The first-order chi connectivity index (χ1) is 6.65. The van der Waals surface area contributed by atoms with Gasteiger partial charge in [0.1, 0.15) is 0 Å². The summed E-state index contributed by atoms with van der Waals surface area (Å²) in [5.41, 5.74) is 8.00. The predicted octanol–water partition coefficient (Wildman–Crippen LogP) is 0.509. The lowest BCUT2D eigenvalue weighted by Crippen LogP contribution is -2.21. The topological polar surface area (TPSA) is 47.1 Å². The zero-order chi connectivity index (χ0) is 10.6. The van der Waals surface area contributed by atoms with Crippen LogP contribution in [0.4, 0.5) is 0 Å². The van der Waals surface area contributed by atoms with Crippen LogP contribution in [0.1, 0.15) is 17.7 Å². The van der Waals surface area contributed by atoms with Gasteiger partial charge in [-0.2, -0.15) is 5.10 Å². The Hall–Kier alpha value is -0.870. The first kappa shape index (κ1) is 11.2. The average Bonchev–Trinajstić information content (AvgIpc) is 2.46. The Balaban J connectivity index is 2.47. The quantitative estimate of drug-likeness (QED) is 0.746. The third kappa shape index (κ3) is 2.82. The summed E-state index contributed by atoms with van der Waals surface area (Å²) in [6.07, 6.45) is 2.99. The van der Waals surface area contributed by atoms with Crippen molar-refractivity contribution in [3.8, 4) is 0 Å². The van der Waals surface area contributed by atoms with Crippen LogP contribution in [-0.2, 0) is 13.6 Å². The monoisotopic (exact) mass is 196 g/mol. The van der Waals surface area contributed by atoms with Crippen LogP contribution in [0.3, 0.4) is 0 Å². The summed E-state index contributed by atoms with van der Waals surface area (Å²) in [7, 11) is 4.08. The molecule has 1 rings (SSSR count). The number of aromatic nitrogens is 2. The minimum atomic E-state index is 0.760. The van der Waals surface area contributed by atoms with Gasteiger partial charge in [-0.25, -0.2) is 0 Å². The van der Waals surface area contributed by atoms with Gasteiger partial charge in [-0.1, -0.05) is 0 Å². The van der Waals surface area contributed by atoms with E-state index < -0.39 is 0 Å². The van der Waals surface area contributed by atoms with Crippen molar-refractivity contribution in [2.45, 2.75) is 19.9 Å². The Labute approximate surface area is 85.7 Å². The lowest BCUT2D eigenvalue weighted by atomic mass is 10.2. The van der Waals surface area contributed by atoms with Crippen molar-refractivity contribution in [2.75, 3.05) is 20.1 Å². The van der Waals surface area contributed by atoms with E-state index in [4.69, 9.17) is 5.73 Å². The van der Waals surface area contributed by atoms with Crippen LogP contribution in [0.5, 0.6) is 0 Å². The molecule has 0 saturated heterocycles. The number of hydrogen-bond acceptors (Lipinski definition) is 3. The molecule has 1 heterocycles. The number of hydrogen-bond donors (Lipinski definition) is 1. The molecule has 1 aromatic heterocycles. The number of nitrogens with two attached hydrogens (primary N) is 1. The van der Waals surface area contributed by atoms with Crippen molar-refractivity contribution >= 4 is 0 Å². The lowest BCUT2D eigenvalue weighted by Gasteiger charge is -2.15. The van der Waals surface area contributed by atoms with Crippen LogP contribution < -0.4 is 5.73 Å². The lowest BCUT2D eigenvalue weighted by molar-refractivity contribution is 0.323. The minimum absolute atomic E-state index is 0.760. The molecule has 0 fully saturated rings. The first-order valence-corrected chi connectivity index (χ1v) is 5.01. The predicted molar refractivity (Wildman–Crippen MR) is 58.0 cm³/mol. The van der Waals surface area contributed by atoms with Crippen LogP contribution in [0.25, 0.3) is 0 Å². The van der Waals surface area contributed by atoms with Gasteiger partial charge in [0.2, 0.25) is 0 Å². The molecule has 2 N–H and O–H groups in total. The molecule has 0 unspecified atom stereocenters. The Morgan fingerprint density at radius 1 is 1.57 bits per heavy atom. The fraction of sp³-hybridized carbons (Fsp3) is 0.700. The number of rotatable bonds is 5. The Bertz CT molecular complexity index is 280. The van der Waals surface area contributed by atoms with Gasteiger partial charge < -0.3 is 10.6 Å². The highest BCUT2D eigenvalue weighted by Crippen LogP contribution is 2.08. The second-order valence-electron chi connectivity index (χ2n) is 3.76. The second kappa shape index (κ2) is 5.12. The molecule has 1 aromatic rings. The normalized spacial score (nSPS) is 11.2. The first-order valence-electron chi connectivity index (χ1n) is 5.01. The fourth-order valence-corrected chi connectivity index (χ4v) is 1.43. The average molecular weight is 196 g/mol. The van der Waals surface area contributed by atoms with E-state index in [0.717, 1.165) is 26.1 Å². The van der Waals surface area contributed by atoms with Gasteiger partial charge in [0, 0.05) is 24.8 Å². The molecule has 0 radical (unpaired) electrons. The van der Waals surface area contributed by atoms with E-state index in [9.17, 15) is 0 Å². The van der Waals surface area contributed by atoms with Crippen molar-refractivity contribution < 1.29 is 0 Å².